The maximum absolute atomic E-state index is 5.58. The molecule has 0 bridgehead atoms. The van der Waals surface area contributed by atoms with Crippen LogP contribution < -0.4 is 4.74 Å². The molecular formula is C16H22O4. The second-order valence-corrected chi connectivity index (χ2v) is 4.99. The van der Waals surface area contributed by atoms with E-state index in [-0.39, 0.29) is 0 Å². The lowest BCUT2D eigenvalue weighted by atomic mass is 10.1. The summed E-state index contributed by atoms with van der Waals surface area (Å²) < 4.78 is 21.3. The highest BCUT2D eigenvalue weighted by Crippen LogP contribution is 2.16. The predicted octanol–water partition coefficient (Wildman–Crippen LogP) is 2.57. The molecule has 0 N–H and O–H groups in total. The van der Waals surface area contributed by atoms with E-state index in [2.05, 4.69) is 18.7 Å². The zero-order valence-corrected chi connectivity index (χ0v) is 12.0. The second kappa shape index (κ2) is 8.04. The van der Waals surface area contributed by atoms with E-state index in [9.17, 15) is 0 Å². The molecule has 0 radical (unpaired) electrons. The summed E-state index contributed by atoms with van der Waals surface area (Å²) in [5.41, 5.74) is 2.22. The van der Waals surface area contributed by atoms with Gasteiger partial charge in [0.05, 0.1) is 19.8 Å². The quantitative estimate of drug-likeness (QED) is 0.285. The van der Waals surface area contributed by atoms with Crippen LogP contribution in [0.4, 0.5) is 0 Å². The summed E-state index contributed by atoms with van der Waals surface area (Å²) in [6.45, 7) is 8.66. The van der Waals surface area contributed by atoms with Gasteiger partial charge in [-0.3, -0.25) is 0 Å². The second-order valence-electron chi connectivity index (χ2n) is 4.99. The fourth-order valence-corrected chi connectivity index (χ4v) is 1.63. The van der Waals surface area contributed by atoms with Crippen LogP contribution in [0.1, 0.15) is 12.5 Å². The molecule has 1 aromatic carbocycles. The zero-order valence-electron chi connectivity index (χ0n) is 12.0. The summed E-state index contributed by atoms with van der Waals surface area (Å²) >= 11 is 0. The van der Waals surface area contributed by atoms with Gasteiger partial charge in [-0.05, 0) is 31.0 Å². The van der Waals surface area contributed by atoms with Crippen molar-refractivity contribution in [3.05, 3.63) is 42.0 Å². The molecule has 2 rings (SSSR count). The summed E-state index contributed by atoms with van der Waals surface area (Å²) in [6, 6.07) is 8.08. The standard InChI is InChI=1S/C16H22O4/c1-13(2)9-18-12-17-8-7-14-3-5-15(6-4-14)19-10-16-11-20-16/h3-6,16H,1,7-12H2,2H3. The Bertz CT molecular complexity index is 409. The van der Waals surface area contributed by atoms with Crippen molar-refractivity contribution in [2.24, 2.45) is 0 Å². The molecule has 1 fully saturated rings. The summed E-state index contributed by atoms with van der Waals surface area (Å²) in [5, 5.41) is 0. The number of ether oxygens (including phenoxy) is 4. The number of benzene rings is 1. The van der Waals surface area contributed by atoms with E-state index in [0.29, 0.717) is 32.7 Å². The highest BCUT2D eigenvalue weighted by atomic mass is 16.7. The van der Waals surface area contributed by atoms with Crippen LogP contribution in [0.3, 0.4) is 0 Å². The first-order chi connectivity index (χ1) is 9.74. The summed E-state index contributed by atoms with van der Waals surface area (Å²) in [4.78, 5) is 0. The average Bonchev–Trinajstić information content (AvgIpc) is 3.25. The molecular weight excluding hydrogens is 256 g/mol. The van der Waals surface area contributed by atoms with Crippen LogP contribution in [0, 0.1) is 0 Å². The fourth-order valence-electron chi connectivity index (χ4n) is 1.63. The molecule has 1 aliphatic rings. The van der Waals surface area contributed by atoms with Gasteiger partial charge < -0.3 is 18.9 Å². The first kappa shape index (κ1) is 15.0. The Balaban J connectivity index is 1.57. The van der Waals surface area contributed by atoms with Crippen LogP contribution >= 0.6 is 0 Å². The topological polar surface area (TPSA) is 40.2 Å². The molecule has 4 heteroatoms. The van der Waals surface area contributed by atoms with E-state index in [1.807, 2.05) is 19.1 Å². The summed E-state index contributed by atoms with van der Waals surface area (Å²) in [5.74, 6) is 0.884. The highest BCUT2D eigenvalue weighted by Gasteiger charge is 2.22. The Labute approximate surface area is 120 Å². The number of epoxide rings is 1. The maximum Gasteiger partial charge on any atom is 0.147 e. The minimum absolute atomic E-state index is 0.294. The smallest absolute Gasteiger partial charge is 0.147 e. The molecule has 1 unspecified atom stereocenters. The molecule has 1 aliphatic heterocycles. The van der Waals surface area contributed by atoms with Crippen LogP contribution in [0.2, 0.25) is 0 Å². The van der Waals surface area contributed by atoms with Crippen molar-refractivity contribution in [1.29, 1.82) is 0 Å². The predicted molar refractivity (Wildman–Crippen MR) is 77.0 cm³/mol. The van der Waals surface area contributed by atoms with E-state index >= 15 is 0 Å². The van der Waals surface area contributed by atoms with Crippen molar-refractivity contribution < 1.29 is 18.9 Å². The van der Waals surface area contributed by atoms with Gasteiger partial charge in [-0.1, -0.05) is 24.3 Å². The van der Waals surface area contributed by atoms with Gasteiger partial charge in [0.2, 0.25) is 0 Å². The van der Waals surface area contributed by atoms with Gasteiger partial charge in [-0.25, -0.2) is 0 Å². The fraction of sp³-hybridized carbons (Fsp3) is 0.500. The molecule has 1 saturated heterocycles. The minimum atomic E-state index is 0.294. The van der Waals surface area contributed by atoms with Crippen molar-refractivity contribution in [1.82, 2.24) is 0 Å². The molecule has 1 atom stereocenters. The summed E-state index contributed by atoms with van der Waals surface area (Å²) in [7, 11) is 0. The third-order valence-corrected chi connectivity index (χ3v) is 2.81. The number of hydrogen-bond donors (Lipinski definition) is 0. The van der Waals surface area contributed by atoms with Crippen LogP contribution in [0.15, 0.2) is 36.4 Å². The Morgan fingerprint density at radius 3 is 2.70 bits per heavy atom. The normalized spacial score (nSPS) is 16.9. The van der Waals surface area contributed by atoms with Gasteiger partial charge in [0.1, 0.15) is 25.3 Å². The van der Waals surface area contributed by atoms with Gasteiger partial charge in [-0.2, -0.15) is 0 Å². The minimum Gasteiger partial charge on any atom is -0.491 e. The van der Waals surface area contributed by atoms with Crippen LogP contribution in [0.5, 0.6) is 5.75 Å². The molecule has 0 saturated carbocycles. The van der Waals surface area contributed by atoms with Crippen molar-refractivity contribution >= 4 is 0 Å². The van der Waals surface area contributed by atoms with E-state index in [1.165, 1.54) is 5.56 Å². The van der Waals surface area contributed by atoms with Crippen molar-refractivity contribution in [3.8, 4) is 5.75 Å². The highest BCUT2D eigenvalue weighted by molar-refractivity contribution is 5.27. The zero-order chi connectivity index (χ0) is 14.2. The van der Waals surface area contributed by atoms with Gasteiger partial charge >= 0.3 is 0 Å². The Hall–Kier alpha value is -1.36. The van der Waals surface area contributed by atoms with E-state index in [1.54, 1.807) is 0 Å². The van der Waals surface area contributed by atoms with Crippen molar-refractivity contribution in [3.63, 3.8) is 0 Å². The summed E-state index contributed by atoms with van der Waals surface area (Å²) in [6.07, 6.45) is 1.16. The van der Waals surface area contributed by atoms with Crippen molar-refractivity contribution in [2.75, 3.05) is 33.2 Å². The Morgan fingerprint density at radius 2 is 2.05 bits per heavy atom. The van der Waals surface area contributed by atoms with Gasteiger partial charge in [-0.15, -0.1) is 0 Å². The van der Waals surface area contributed by atoms with Gasteiger partial charge in [0.15, 0.2) is 0 Å². The van der Waals surface area contributed by atoms with Gasteiger partial charge in [0.25, 0.3) is 0 Å². The average molecular weight is 278 g/mol. The van der Waals surface area contributed by atoms with Gasteiger partial charge in [0, 0.05) is 0 Å². The first-order valence-corrected chi connectivity index (χ1v) is 6.87. The van der Waals surface area contributed by atoms with Crippen molar-refractivity contribution in [2.45, 2.75) is 19.4 Å². The first-order valence-electron chi connectivity index (χ1n) is 6.87. The number of hydrogen-bond acceptors (Lipinski definition) is 4. The van der Waals surface area contributed by atoms with E-state index in [4.69, 9.17) is 18.9 Å². The lowest BCUT2D eigenvalue weighted by Crippen LogP contribution is -2.05. The molecule has 1 heterocycles. The molecule has 1 aromatic rings. The molecule has 0 aromatic heterocycles. The van der Waals surface area contributed by atoms with Crippen LogP contribution in [-0.2, 0) is 20.6 Å². The monoisotopic (exact) mass is 278 g/mol. The maximum atomic E-state index is 5.58. The SMILES string of the molecule is C=C(C)COCOCCc1ccc(OCC2CO2)cc1. The van der Waals surface area contributed by atoms with Crippen LogP contribution in [-0.4, -0.2) is 39.3 Å². The molecule has 20 heavy (non-hydrogen) atoms. The lowest BCUT2D eigenvalue weighted by molar-refractivity contribution is -0.0447. The Morgan fingerprint density at radius 1 is 1.30 bits per heavy atom. The number of rotatable bonds is 10. The third-order valence-electron chi connectivity index (χ3n) is 2.81. The van der Waals surface area contributed by atoms with E-state index in [0.717, 1.165) is 24.4 Å². The lowest BCUT2D eigenvalue weighted by Gasteiger charge is -2.07. The third kappa shape index (κ3) is 6.19. The van der Waals surface area contributed by atoms with Crippen LogP contribution in [0.25, 0.3) is 0 Å². The Kier molecular flexibility index (Phi) is 6.05. The molecule has 110 valence electrons. The largest absolute Gasteiger partial charge is 0.491 e. The molecule has 0 aliphatic carbocycles. The molecule has 0 spiro atoms. The molecule has 4 nitrogen and oxygen atoms in total. The van der Waals surface area contributed by atoms with E-state index < -0.39 is 0 Å². The molecule has 0 amide bonds.